The molecule has 0 aliphatic rings. The van der Waals surface area contributed by atoms with Crippen molar-refractivity contribution in [3.63, 3.8) is 0 Å². The summed E-state index contributed by atoms with van der Waals surface area (Å²) in [4.78, 5) is 58.5. The van der Waals surface area contributed by atoms with Crippen LogP contribution in [0, 0.1) is 11.8 Å². The van der Waals surface area contributed by atoms with E-state index in [0.717, 1.165) is 0 Å². The van der Waals surface area contributed by atoms with Gasteiger partial charge in [-0.25, -0.2) is 4.79 Å². The summed E-state index contributed by atoms with van der Waals surface area (Å²) in [6.07, 6.45) is 0.630. The normalized spacial score (nSPS) is 12.8. The van der Waals surface area contributed by atoms with Crippen LogP contribution in [-0.4, -0.2) is 66.4 Å². The number of carboxylic acid groups (broad SMARTS) is 1. The predicted octanol–water partition coefficient (Wildman–Crippen LogP) is -1.68. The summed E-state index contributed by atoms with van der Waals surface area (Å²) in [5.41, 5.74) is 5.24. The first kappa shape index (κ1) is 26.3. The quantitative estimate of drug-likeness (QED) is 0.208. The fraction of sp³-hybridized carbons (Fsp3) is 0.722. The molecule has 4 amide bonds. The van der Waals surface area contributed by atoms with Gasteiger partial charge < -0.3 is 32.1 Å². The Labute approximate surface area is 170 Å². The Balaban J connectivity index is 4.47. The SMILES string of the molecule is CC(C)C[C@H](NC(=O)CNC(=O)CNC(=O)[C@H](CC(C)C)NC(=O)CN)C(=O)O. The highest BCUT2D eigenvalue weighted by molar-refractivity contribution is 5.92. The summed E-state index contributed by atoms with van der Waals surface area (Å²) in [5, 5.41) is 18.6. The molecule has 0 bridgehead atoms. The van der Waals surface area contributed by atoms with E-state index in [0.29, 0.717) is 6.42 Å². The smallest absolute Gasteiger partial charge is 0.326 e. The number of rotatable bonds is 13. The van der Waals surface area contributed by atoms with E-state index >= 15 is 0 Å². The summed E-state index contributed by atoms with van der Waals surface area (Å²) < 4.78 is 0. The van der Waals surface area contributed by atoms with Gasteiger partial charge in [0.15, 0.2) is 0 Å². The van der Waals surface area contributed by atoms with E-state index in [-0.39, 0.29) is 24.8 Å². The van der Waals surface area contributed by atoms with E-state index in [1.165, 1.54) is 0 Å². The van der Waals surface area contributed by atoms with Gasteiger partial charge in [0.1, 0.15) is 12.1 Å². The zero-order chi connectivity index (χ0) is 22.6. The number of aliphatic carboxylic acids is 1. The van der Waals surface area contributed by atoms with Crippen LogP contribution in [-0.2, 0) is 24.0 Å². The van der Waals surface area contributed by atoms with Crippen molar-refractivity contribution in [1.82, 2.24) is 21.3 Å². The molecule has 11 heteroatoms. The summed E-state index contributed by atoms with van der Waals surface area (Å²) >= 11 is 0. The molecular weight excluding hydrogens is 382 g/mol. The van der Waals surface area contributed by atoms with Crippen LogP contribution in [0.4, 0.5) is 0 Å². The second kappa shape index (κ2) is 13.5. The van der Waals surface area contributed by atoms with E-state index < -0.39 is 54.8 Å². The van der Waals surface area contributed by atoms with Crippen molar-refractivity contribution in [1.29, 1.82) is 0 Å². The Hall–Kier alpha value is -2.69. The van der Waals surface area contributed by atoms with Crippen molar-refractivity contribution in [3.8, 4) is 0 Å². The molecule has 7 N–H and O–H groups in total. The Kier molecular flexibility index (Phi) is 12.2. The number of amides is 4. The third-order valence-corrected chi connectivity index (χ3v) is 3.75. The minimum Gasteiger partial charge on any atom is -0.480 e. The summed E-state index contributed by atoms with van der Waals surface area (Å²) in [6, 6.07) is -1.86. The second-order valence-electron chi connectivity index (χ2n) is 7.54. The van der Waals surface area contributed by atoms with Gasteiger partial charge >= 0.3 is 5.97 Å². The molecule has 0 aliphatic carbocycles. The van der Waals surface area contributed by atoms with Crippen molar-refractivity contribution < 1.29 is 29.1 Å². The minimum atomic E-state index is -1.15. The van der Waals surface area contributed by atoms with Crippen LogP contribution in [0.25, 0.3) is 0 Å². The number of carbonyl (C=O) groups is 5. The standard InChI is InChI=1S/C18H33N5O6/c1-10(2)5-12(22-14(24)7-19)17(27)21-8-15(25)20-9-16(26)23-13(18(28)29)6-11(3)4/h10-13H,5-9,19H2,1-4H3,(H,20,25)(H,21,27)(H,22,24)(H,23,26)(H,28,29)/t12-,13-/m0/s1. The molecule has 29 heavy (non-hydrogen) atoms. The third kappa shape index (κ3) is 12.4. The summed E-state index contributed by atoms with van der Waals surface area (Å²) in [7, 11) is 0. The molecule has 0 aliphatic heterocycles. The molecule has 0 saturated carbocycles. The van der Waals surface area contributed by atoms with Gasteiger partial charge in [-0.1, -0.05) is 27.7 Å². The van der Waals surface area contributed by atoms with Gasteiger partial charge in [-0.3, -0.25) is 19.2 Å². The Morgan fingerprint density at radius 3 is 1.72 bits per heavy atom. The Morgan fingerprint density at radius 1 is 0.759 bits per heavy atom. The molecule has 0 aromatic heterocycles. The largest absolute Gasteiger partial charge is 0.480 e. The Bertz CT molecular complexity index is 593. The molecule has 2 atom stereocenters. The molecule has 0 rings (SSSR count). The molecule has 0 spiro atoms. The molecule has 0 aromatic rings. The van der Waals surface area contributed by atoms with Crippen LogP contribution < -0.4 is 27.0 Å². The molecule has 0 heterocycles. The molecule has 0 fully saturated rings. The monoisotopic (exact) mass is 415 g/mol. The van der Waals surface area contributed by atoms with Gasteiger partial charge in [-0.05, 0) is 24.7 Å². The molecule has 0 radical (unpaired) electrons. The first-order valence-corrected chi connectivity index (χ1v) is 9.52. The Morgan fingerprint density at radius 2 is 1.24 bits per heavy atom. The third-order valence-electron chi connectivity index (χ3n) is 3.75. The van der Waals surface area contributed by atoms with Crippen LogP contribution in [0.3, 0.4) is 0 Å². The van der Waals surface area contributed by atoms with Crippen LogP contribution in [0.1, 0.15) is 40.5 Å². The van der Waals surface area contributed by atoms with E-state index in [9.17, 15) is 24.0 Å². The molecule has 0 aromatic carbocycles. The van der Waals surface area contributed by atoms with E-state index in [4.69, 9.17) is 10.8 Å². The van der Waals surface area contributed by atoms with E-state index in [1.807, 2.05) is 27.7 Å². The van der Waals surface area contributed by atoms with Crippen molar-refractivity contribution in [3.05, 3.63) is 0 Å². The number of nitrogens with two attached hydrogens (primary N) is 1. The van der Waals surface area contributed by atoms with Crippen LogP contribution >= 0.6 is 0 Å². The lowest BCUT2D eigenvalue weighted by atomic mass is 10.0. The first-order valence-electron chi connectivity index (χ1n) is 9.52. The molecule has 166 valence electrons. The number of hydrogen-bond donors (Lipinski definition) is 6. The molecule has 0 unspecified atom stereocenters. The average Bonchev–Trinajstić information content (AvgIpc) is 2.62. The molecule has 11 nitrogen and oxygen atoms in total. The number of hydrogen-bond acceptors (Lipinski definition) is 6. The van der Waals surface area contributed by atoms with Crippen molar-refractivity contribution in [2.45, 2.75) is 52.6 Å². The maximum absolute atomic E-state index is 12.2. The van der Waals surface area contributed by atoms with Crippen LogP contribution in [0.15, 0.2) is 0 Å². The lowest BCUT2D eigenvalue weighted by Crippen LogP contribution is -2.51. The molecule has 0 saturated heterocycles. The van der Waals surface area contributed by atoms with Gasteiger partial charge in [-0.2, -0.15) is 0 Å². The maximum atomic E-state index is 12.2. The fourth-order valence-corrected chi connectivity index (χ4v) is 2.43. The van der Waals surface area contributed by atoms with Gasteiger partial charge in [0, 0.05) is 0 Å². The lowest BCUT2D eigenvalue weighted by molar-refractivity contribution is -0.142. The van der Waals surface area contributed by atoms with E-state index in [1.54, 1.807) is 0 Å². The predicted molar refractivity (Wildman–Crippen MR) is 105 cm³/mol. The van der Waals surface area contributed by atoms with Crippen LogP contribution in [0.5, 0.6) is 0 Å². The van der Waals surface area contributed by atoms with Gasteiger partial charge in [-0.15, -0.1) is 0 Å². The number of carboxylic acids is 1. The summed E-state index contributed by atoms with van der Waals surface area (Å²) in [5.74, 6) is -3.26. The number of nitrogens with one attached hydrogen (secondary N) is 4. The zero-order valence-corrected chi connectivity index (χ0v) is 17.4. The second-order valence-corrected chi connectivity index (χ2v) is 7.54. The topological polar surface area (TPSA) is 180 Å². The van der Waals surface area contributed by atoms with Crippen LogP contribution in [0.2, 0.25) is 0 Å². The fourth-order valence-electron chi connectivity index (χ4n) is 2.43. The lowest BCUT2D eigenvalue weighted by Gasteiger charge is -2.20. The first-order chi connectivity index (χ1) is 13.5. The number of carbonyl (C=O) groups excluding carboxylic acids is 4. The molecular formula is C18H33N5O6. The van der Waals surface area contributed by atoms with Gasteiger partial charge in [0.2, 0.25) is 23.6 Å². The highest BCUT2D eigenvalue weighted by atomic mass is 16.4. The zero-order valence-electron chi connectivity index (χ0n) is 17.4. The average molecular weight is 415 g/mol. The van der Waals surface area contributed by atoms with Gasteiger partial charge in [0.05, 0.1) is 19.6 Å². The van der Waals surface area contributed by atoms with Crippen molar-refractivity contribution in [2.24, 2.45) is 17.6 Å². The summed E-state index contributed by atoms with van der Waals surface area (Å²) in [6.45, 7) is 6.34. The maximum Gasteiger partial charge on any atom is 0.326 e. The highest BCUT2D eigenvalue weighted by Gasteiger charge is 2.23. The van der Waals surface area contributed by atoms with Crippen molar-refractivity contribution >= 4 is 29.6 Å². The highest BCUT2D eigenvalue weighted by Crippen LogP contribution is 2.05. The van der Waals surface area contributed by atoms with Crippen molar-refractivity contribution in [2.75, 3.05) is 19.6 Å². The van der Waals surface area contributed by atoms with Gasteiger partial charge in [0.25, 0.3) is 0 Å². The minimum absolute atomic E-state index is 0.0692. The van der Waals surface area contributed by atoms with E-state index in [2.05, 4.69) is 21.3 Å².